The van der Waals surface area contributed by atoms with Crippen molar-refractivity contribution in [1.29, 1.82) is 0 Å². The Labute approximate surface area is 210 Å². The topological polar surface area (TPSA) is 52.6 Å². The van der Waals surface area contributed by atoms with Crippen LogP contribution in [0.25, 0.3) is 0 Å². The van der Waals surface area contributed by atoms with E-state index in [1.54, 1.807) is 0 Å². The normalized spacial score (nSPS) is 28.0. The van der Waals surface area contributed by atoms with E-state index in [-0.39, 0.29) is 11.9 Å². The van der Waals surface area contributed by atoms with Gasteiger partial charge < -0.3 is 9.47 Å². The minimum absolute atomic E-state index is 0.0569. The third-order valence-electron chi connectivity index (χ3n) is 6.75. The Morgan fingerprint density at radius 1 is 0.656 bits per heavy atom. The van der Waals surface area contributed by atoms with E-state index in [1.165, 1.54) is 50.0 Å². The quantitative estimate of drug-likeness (QED) is 0.134. The maximum atomic E-state index is 12.2. The lowest BCUT2D eigenvalue weighted by molar-refractivity contribution is -0.150. The zero-order chi connectivity index (χ0) is 22.4. The molecule has 1 saturated carbocycles. The van der Waals surface area contributed by atoms with Crippen molar-refractivity contribution in [3.8, 4) is 0 Å². The largest absolute Gasteiger partial charge is 0.465 e. The summed E-state index contributed by atoms with van der Waals surface area (Å²) in [5.74, 6) is 3.10. The molecule has 0 N–H and O–H groups in total. The molecule has 3 fully saturated rings. The lowest BCUT2D eigenvalue weighted by Crippen LogP contribution is -2.29. The smallest absolute Gasteiger partial charge is 0.305 e. The van der Waals surface area contributed by atoms with Crippen molar-refractivity contribution < 1.29 is 19.1 Å². The SMILES string of the molecule is O=C(CCCCC1CCSS1)OCC1CCCCC1COC(=O)CCCCC1CCSS1. The zero-order valence-electron chi connectivity index (χ0n) is 19.3. The second-order valence-electron chi connectivity index (χ2n) is 9.32. The van der Waals surface area contributed by atoms with Gasteiger partial charge in [-0.25, -0.2) is 0 Å². The van der Waals surface area contributed by atoms with E-state index in [0.29, 0.717) is 37.9 Å². The molecule has 0 aromatic carbocycles. The molecule has 1 aliphatic carbocycles. The highest BCUT2D eigenvalue weighted by Crippen LogP contribution is 2.40. The number of unbranched alkanes of at least 4 members (excludes halogenated alkanes) is 2. The van der Waals surface area contributed by atoms with Gasteiger partial charge in [-0.3, -0.25) is 9.59 Å². The molecule has 0 aromatic rings. The summed E-state index contributed by atoms with van der Waals surface area (Å²) in [5.41, 5.74) is 0. The van der Waals surface area contributed by atoms with Gasteiger partial charge in [0.15, 0.2) is 0 Å². The van der Waals surface area contributed by atoms with Crippen LogP contribution in [0.15, 0.2) is 0 Å². The first-order valence-corrected chi connectivity index (χ1v) is 17.3. The van der Waals surface area contributed by atoms with Gasteiger partial charge in [-0.05, 0) is 63.2 Å². The van der Waals surface area contributed by atoms with Gasteiger partial charge in [-0.15, -0.1) is 0 Å². The first-order valence-electron chi connectivity index (χ1n) is 12.6. The fraction of sp³-hybridized carbons (Fsp3) is 0.917. The van der Waals surface area contributed by atoms with E-state index in [2.05, 4.69) is 0 Å². The average molecular weight is 521 g/mol. The van der Waals surface area contributed by atoms with Crippen LogP contribution in [-0.2, 0) is 19.1 Å². The molecule has 4 unspecified atom stereocenters. The molecule has 4 atom stereocenters. The summed E-state index contributed by atoms with van der Waals surface area (Å²) in [6.07, 6.45) is 14.8. The Morgan fingerprint density at radius 2 is 1.12 bits per heavy atom. The summed E-state index contributed by atoms with van der Waals surface area (Å²) < 4.78 is 11.3. The molecule has 2 heterocycles. The number of carbonyl (C=O) groups excluding carboxylic acids is 2. The summed E-state index contributed by atoms with van der Waals surface area (Å²) in [4.78, 5) is 24.4. The van der Waals surface area contributed by atoms with E-state index in [1.807, 2.05) is 43.2 Å². The Balaban J connectivity index is 1.23. The van der Waals surface area contributed by atoms with Crippen LogP contribution in [0.1, 0.15) is 89.9 Å². The second kappa shape index (κ2) is 16.1. The molecule has 4 nitrogen and oxygen atoms in total. The maximum absolute atomic E-state index is 12.2. The third kappa shape index (κ3) is 10.7. The first-order chi connectivity index (χ1) is 15.7. The summed E-state index contributed by atoms with van der Waals surface area (Å²) in [7, 11) is 7.98. The van der Waals surface area contributed by atoms with E-state index in [4.69, 9.17) is 9.47 Å². The van der Waals surface area contributed by atoms with Gasteiger partial charge in [0, 0.05) is 34.8 Å². The number of hydrogen-bond acceptors (Lipinski definition) is 8. The summed E-state index contributed by atoms with van der Waals surface area (Å²) in [6.45, 7) is 0.987. The van der Waals surface area contributed by atoms with Crippen LogP contribution in [0.5, 0.6) is 0 Å². The van der Waals surface area contributed by atoms with Crippen molar-refractivity contribution in [2.45, 2.75) is 100 Å². The molecule has 2 aliphatic heterocycles. The van der Waals surface area contributed by atoms with Crippen molar-refractivity contribution in [3.63, 3.8) is 0 Å². The lowest BCUT2D eigenvalue weighted by atomic mass is 9.80. The fourth-order valence-corrected chi connectivity index (χ4v) is 10.7. The summed E-state index contributed by atoms with van der Waals surface area (Å²) >= 11 is 0. The van der Waals surface area contributed by atoms with Crippen LogP contribution in [0.3, 0.4) is 0 Å². The van der Waals surface area contributed by atoms with E-state index >= 15 is 0 Å². The summed E-state index contributed by atoms with van der Waals surface area (Å²) in [6, 6.07) is 0. The van der Waals surface area contributed by atoms with Crippen LogP contribution in [0.2, 0.25) is 0 Å². The Bertz CT molecular complexity index is 502. The highest BCUT2D eigenvalue weighted by molar-refractivity contribution is 8.77. The molecule has 8 heteroatoms. The molecule has 0 spiro atoms. The number of rotatable bonds is 14. The molecule has 0 amide bonds. The Kier molecular flexibility index (Phi) is 13.5. The van der Waals surface area contributed by atoms with Crippen LogP contribution < -0.4 is 0 Å². The standard InChI is InChI=1S/C24H40O4S4/c25-23(11-5-3-9-21-13-15-29-31-21)27-17-19-7-1-2-8-20(19)18-28-24(26)12-6-4-10-22-14-16-30-32-22/h19-22H,1-18H2. The van der Waals surface area contributed by atoms with Crippen LogP contribution in [0.4, 0.5) is 0 Å². The first kappa shape index (κ1) is 26.9. The predicted molar refractivity (Wildman–Crippen MR) is 141 cm³/mol. The lowest BCUT2D eigenvalue weighted by Gasteiger charge is -2.30. The van der Waals surface area contributed by atoms with Gasteiger partial charge in [0.2, 0.25) is 0 Å². The minimum Gasteiger partial charge on any atom is -0.465 e. The van der Waals surface area contributed by atoms with Crippen molar-refractivity contribution in [3.05, 3.63) is 0 Å². The molecule has 3 aliphatic rings. The fourth-order valence-electron chi connectivity index (χ4n) is 4.68. The molecule has 0 aromatic heterocycles. The monoisotopic (exact) mass is 520 g/mol. The maximum Gasteiger partial charge on any atom is 0.305 e. The van der Waals surface area contributed by atoms with Gasteiger partial charge in [0.1, 0.15) is 0 Å². The summed E-state index contributed by atoms with van der Waals surface area (Å²) in [5, 5.41) is 1.57. The second-order valence-corrected chi connectivity index (χ2v) is 14.9. The number of carbonyl (C=O) groups is 2. The molecular weight excluding hydrogens is 481 g/mol. The van der Waals surface area contributed by atoms with Crippen molar-refractivity contribution in [1.82, 2.24) is 0 Å². The van der Waals surface area contributed by atoms with E-state index in [9.17, 15) is 9.59 Å². The van der Waals surface area contributed by atoms with Gasteiger partial charge in [0.05, 0.1) is 13.2 Å². The van der Waals surface area contributed by atoms with Crippen LogP contribution in [-0.4, -0.2) is 47.2 Å². The Hall–Kier alpha value is 0.340. The van der Waals surface area contributed by atoms with Crippen molar-refractivity contribution in [2.24, 2.45) is 11.8 Å². The van der Waals surface area contributed by atoms with Gasteiger partial charge in [-0.1, -0.05) is 68.9 Å². The molecule has 3 rings (SSSR count). The molecule has 32 heavy (non-hydrogen) atoms. The molecule has 2 saturated heterocycles. The number of hydrogen-bond donors (Lipinski definition) is 0. The third-order valence-corrected chi connectivity index (χ3v) is 12.8. The minimum atomic E-state index is -0.0569. The van der Waals surface area contributed by atoms with E-state index in [0.717, 1.165) is 49.0 Å². The molecule has 184 valence electrons. The van der Waals surface area contributed by atoms with Gasteiger partial charge in [0.25, 0.3) is 0 Å². The van der Waals surface area contributed by atoms with E-state index < -0.39 is 0 Å². The van der Waals surface area contributed by atoms with Crippen LogP contribution >= 0.6 is 43.2 Å². The highest BCUT2D eigenvalue weighted by atomic mass is 33.1. The number of esters is 2. The Morgan fingerprint density at radius 3 is 1.53 bits per heavy atom. The van der Waals surface area contributed by atoms with Gasteiger partial charge in [-0.2, -0.15) is 0 Å². The van der Waals surface area contributed by atoms with Crippen LogP contribution in [0, 0.1) is 11.8 Å². The average Bonchev–Trinajstić information content (AvgIpc) is 3.52. The molecule has 0 radical (unpaired) electrons. The number of ether oxygens (including phenoxy) is 2. The molecule has 0 bridgehead atoms. The van der Waals surface area contributed by atoms with Crippen molar-refractivity contribution in [2.75, 3.05) is 24.7 Å². The van der Waals surface area contributed by atoms with Gasteiger partial charge >= 0.3 is 11.9 Å². The molecular formula is C24H40O4S4. The highest BCUT2D eigenvalue weighted by Gasteiger charge is 2.27. The predicted octanol–water partition coefficient (Wildman–Crippen LogP) is 7.31. The van der Waals surface area contributed by atoms with Crippen molar-refractivity contribution >= 4 is 55.1 Å². The zero-order valence-corrected chi connectivity index (χ0v) is 22.6.